The Morgan fingerprint density at radius 3 is 1.88 bits per heavy atom. The molecular weight excluding hydrogens is 691 g/mol. The summed E-state index contributed by atoms with van der Waals surface area (Å²) in [5, 5.41) is 0. The molecule has 0 spiro atoms. The number of aryl methyl sites for hydroxylation is 1. The van der Waals surface area contributed by atoms with E-state index in [1.807, 2.05) is 73.2 Å². The van der Waals surface area contributed by atoms with Gasteiger partial charge in [0.05, 0.1) is 5.82 Å². The second kappa shape index (κ2) is 15.1. The summed E-state index contributed by atoms with van der Waals surface area (Å²) >= 11 is 0. The molecule has 0 amide bonds. The van der Waals surface area contributed by atoms with Gasteiger partial charge in [-0.1, -0.05) is 87.5 Å². The van der Waals surface area contributed by atoms with Gasteiger partial charge in [0.25, 0.3) is 0 Å². The Kier molecular flexibility index (Phi) is 11.1. The van der Waals surface area contributed by atoms with Gasteiger partial charge in [-0.15, -0.1) is 71.3 Å². The third-order valence-corrected chi connectivity index (χ3v) is 6.89. The molecule has 0 atom stereocenters. The Hall–Kier alpha value is -4.24. The predicted molar refractivity (Wildman–Crippen MR) is 169 cm³/mol. The second-order valence-electron chi connectivity index (χ2n) is 10.1. The molecule has 0 saturated heterocycles. The summed E-state index contributed by atoms with van der Waals surface area (Å²) in [6.07, 6.45) is 6.72. The van der Waals surface area contributed by atoms with Crippen LogP contribution in [0.2, 0.25) is 0 Å². The molecule has 2 aromatic heterocycles. The van der Waals surface area contributed by atoms with Gasteiger partial charge >= 0.3 is 0 Å². The van der Waals surface area contributed by atoms with E-state index in [0.29, 0.717) is 5.92 Å². The van der Waals surface area contributed by atoms with Gasteiger partial charge < -0.3 is 4.98 Å². The summed E-state index contributed by atoms with van der Waals surface area (Å²) in [6.45, 7) is 6.51. The van der Waals surface area contributed by atoms with Gasteiger partial charge in [0, 0.05) is 38.7 Å². The summed E-state index contributed by atoms with van der Waals surface area (Å²) < 4.78 is 0. The number of pyridine rings is 1. The molecule has 2 heterocycles. The van der Waals surface area contributed by atoms with Gasteiger partial charge in [-0.3, -0.25) is 9.97 Å². The number of aromatic nitrogens is 3. The van der Waals surface area contributed by atoms with Crippen molar-refractivity contribution in [3.63, 3.8) is 0 Å². The number of benzene rings is 4. The minimum atomic E-state index is 0. The van der Waals surface area contributed by atoms with Crippen molar-refractivity contribution in [2.45, 2.75) is 33.1 Å². The Bertz CT molecular complexity index is 1670. The first-order valence-electron chi connectivity index (χ1n) is 14.0. The normalized spacial score (nSPS) is 10.4. The molecule has 4 aromatic carbocycles. The Morgan fingerprint density at radius 2 is 1.26 bits per heavy atom. The zero-order valence-electron chi connectivity index (χ0n) is 24.1. The summed E-state index contributed by atoms with van der Waals surface area (Å²) in [4.78, 5) is 13.4. The minimum Gasteiger partial charge on any atom is -0.304 e. The molecule has 3 nitrogen and oxygen atoms in total. The van der Waals surface area contributed by atoms with Crippen LogP contribution in [0.5, 0.6) is 0 Å². The topological polar surface area (TPSA) is 38.7 Å². The molecule has 211 valence electrons. The molecular formula is C38H33IrN3-2. The van der Waals surface area contributed by atoms with E-state index in [-0.39, 0.29) is 20.1 Å². The molecule has 0 fully saturated rings. The average molecular weight is 724 g/mol. The molecule has 0 unspecified atom stereocenters. The Balaban J connectivity index is 0.000000189. The van der Waals surface area contributed by atoms with Crippen LogP contribution in [0.15, 0.2) is 128 Å². The van der Waals surface area contributed by atoms with Gasteiger partial charge in [-0.2, -0.15) is 0 Å². The van der Waals surface area contributed by atoms with Crippen LogP contribution in [-0.4, -0.2) is 15.0 Å². The summed E-state index contributed by atoms with van der Waals surface area (Å²) in [5.74, 6) is 1.17. The van der Waals surface area contributed by atoms with Crippen molar-refractivity contribution in [2.24, 2.45) is 0 Å². The van der Waals surface area contributed by atoms with Crippen molar-refractivity contribution >= 4 is 0 Å². The van der Waals surface area contributed by atoms with E-state index >= 15 is 0 Å². The number of hydrogen-bond donors (Lipinski definition) is 0. The van der Waals surface area contributed by atoms with Gasteiger partial charge in [-0.05, 0) is 45.8 Å². The molecule has 0 N–H and O–H groups in total. The third kappa shape index (κ3) is 7.73. The number of nitrogens with zero attached hydrogens (tertiary/aromatic N) is 3. The molecule has 4 heteroatoms. The minimum absolute atomic E-state index is 0. The van der Waals surface area contributed by atoms with E-state index < -0.39 is 0 Å². The van der Waals surface area contributed by atoms with Gasteiger partial charge in [-0.25, -0.2) is 0 Å². The van der Waals surface area contributed by atoms with Crippen LogP contribution in [0, 0.1) is 12.1 Å². The smallest absolute Gasteiger partial charge is 0.0748 e. The molecule has 0 bridgehead atoms. The summed E-state index contributed by atoms with van der Waals surface area (Å²) in [5.41, 5.74) is 10.2. The zero-order chi connectivity index (χ0) is 28.4. The van der Waals surface area contributed by atoms with Crippen molar-refractivity contribution in [1.29, 1.82) is 0 Å². The number of hydrogen-bond acceptors (Lipinski definition) is 3. The van der Waals surface area contributed by atoms with E-state index in [9.17, 15) is 0 Å². The number of rotatable bonds is 6. The van der Waals surface area contributed by atoms with Gasteiger partial charge in [0.2, 0.25) is 0 Å². The average Bonchev–Trinajstić information content (AvgIpc) is 3.06. The molecule has 0 saturated carbocycles. The van der Waals surface area contributed by atoms with E-state index in [0.717, 1.165) is 40.2 Å². The standard InChI is InChI=1S/C20H18N.C18H15N2.Ir/c1-15(2)19-14-21-20(17-11-7-4-8-12-17)13-18(19)16-9-5-3-6-10-16;1-2-14-12-19-18(20-13-14)17-10-6-9-16(11-17)15-7-4-3-5-8-15;/h3-11,13-15H,1-2H3;3-9,11-13H,2H2,1H3;/q2*-1;. The van der Waals surface area contributed by atoms with E-state index in [1.54, 1.807) is 0 Å². The van der Waals surface area contributed by atoms with Gasteiger partial charge in [0.15, 0.2) is 0 Å². The Morgan fingerprint density at radius 1 is 0.619 bits per heavy atom. The molecule has 0 aliphatic heterocycles. The first kappa shape index (κ1) is 30.7. The van der Waals surface area contributed by atoms with E-state index in [4.69, 9.17) is 0 Å². The molecule has 0 aliphatic rings. The van der Waals surface area contributed by atoms with Gasteiger partial charge in [0.1, 0.15) is 0 Å². The second-order valence-corrected chi connectivity index (χ2v) is 10.1. The molecule has 42 heavy (non-hydrogen) atoms. The first-order valence-corrected chi connectivity index (χ1v) is 14.0. The van der Waals surface area contributed by atoms with Crippen LogP contribution in [0.4, 0.5) is 0 Å². The summed E-state index contributed by atoms with van der Waals surface area (Å²) in [6, 6.07) is 43.5. The zero-order valence-corrected chi connectivity index (χ0v) is 26.5. The van der Waals surface area contributed by atoms with E-state index in [1.165, 1.54) is 22.3 Å². The van der Waals surface area contributed by atoms with Crippen molar-refractivity contribution in [2.75, 3.05) is 0 Å². The summed E-state index contributed by atoms with van der Waals surface area (Å²) in [7, 11) is 0. The Labute approximate surface area is 263 Å². The molecule has 6 aromatic rings. The maximum atomic E-state index is 4.63. The monoisotopic (exact) mass is 724 g/mol. The largest absolute Gasteiger partial charge is 0.304 e. The van der Waals surface area contributed by atoms with Crippen molar-refractivity contribution in [3.8, 4) is 44.9 Å². The quantitative estimate of drug-likeness (QED) is 0.161. The molecule has 1 radical (unpaired) electrons. The fourth-order valence-corrected chi connectivity index (χ4v) is 4.58. The fraction of sp³-hybridized carbons (Fsp3) is 0.132. The van der Waals surface area contributed by atoms with Crippen LogP contribution in [0.1, 0.15) is 37.8 Å². The fourth-order valence-electron chi connectivity index (χ4n) is 4.58. The van der Waals surface area contributed by atoms with Crippen LogP contribution >= 0.6 is 0 Å². The van der Waals surface area contributed by atoms with Crippen LogP contribution in [0.25, 0.3) is 44.9 Å². The van der Waals surface area contributed by atoms with Crippen molar-refractivity contribution in [3.05, 3.63) is 151 Å². The predicted octanol–water partition coefficient (Wildman–Crippen LogP) is 9.51. The van der Waals surface area contributed by atoms with Crippen LogP contribution < -0.4 is 0 Å². The van der Waals surface area contributed by atoms with Crippen LogP contribution in [-0.2, 0) is 26.5 Å². The van der Waals surface area contributed by atoms with Crippen LogP contribution in [0.3, 0.4) is 0 Å². The molecule has 0 aliphatic carbocycles. The molecule has 6 rings (SSSR count). The maximum absolute atomic E-state index is 4.63. The first-order chi connectivity index (χ1) is 20.1. The third-order valence-electron chi connectivity index (χ3n) is 6.89. The van der Waals surface area contributed by atoms with Crippen molar-refractivity contribution in [1.82, 2.24) is 15.0 Å². The van der Waals surface area contributed by atoms with Crippen molar-refractivity contribution < 1.29 is 20.1 Å². The van der Waals surface area contributed by atoms with E-state index in [2.05, 4.69) is 102 Å². The maximum Gasteiger partial charge on any atom is 0.0748 e. The SMILES string of the molecule is CC(C)c1cnc(-c2[c-]cccc2)cc1-c1ccccc1.CCc1cnc(-c2[c-]ccc(-c3ccccc3)c2)nc1.[Ir].